The Bertz CT molecular complexity index is 1050. The molecule has 180 valence electrons. The van der Waals surface area contributed by atoms with E-state index in [-0.39, 0.29) is 25.0 Å². The van der Waals surface area contributed by atoms with E-state index in [1.807, 2.05) is 6.08 Å². The van der Waals surface area contributed by atoms with Crippen molar-refractivity contribution in [3.8, 4) is 11.1 Å². The number of allylic oxidation sites excluding steroid dienone is 1. The third-order valence-corrected chi connectivity index (χ3v) is 6.62. The van der Waals surface area contributed by atoms with Crippen LogP contribution in [-0.2, 0) is 30.2 Å². The van der Waals surface area contributed by atoms with Crippen LogP contribution in [0.2, 0.25) is 0 Å². The highest BCUT2D eigenvalue weighted by atomic mass is 16.7. The van der Waals surface area contributed by atoms with Gasteiger partial charge in [0.1, 0.15) is 0 Å². The standard InChI is InChI=1S/C27H31NO6/c29-10-13-32-14-15-33-26-18-20(17-25(34-26)27(30)28-8-11-31-12-9-28)22-6-3-7-23-21-5-2-1-4-19(21)16-24(22)23/h1-7,17,20,26,29H,8-16,18H2/t20-,26+/m0/s1. The second-order valence-corrected chi connectivity index (χ2v) is 8.74. The van der Waals surface area contributed by atoms with Gasteiger partial charge in [0, 0.05) is 25.4 Å². The van der Waals surface area contributed by atoms with E-state index >= 15 is 0 Å². The minimum absolute atomic E-state index is 0.00126. The molecule has 2 heterocycles. The van der Waals surface area contributed by atoms with E-state index in [0.29, 0.717) is 51.7 Å². The first-order valence-corrected chi connectivity index (χ1v) is 12.0. The number of hydrogen-bond acceptors (Lipinski definition) is 6. The lowest BCUT2D eigenvalue weighted by molar-refractivity contribution is -0.158. The first-order chi connectivity index (χ1) is 16.7. The Kier molecular flexibility index (Phi) is 7.25. The fourth-order valence-corrected chi connectivity index (χ4v) is 4.98. The third-order valence-electron chi connectivity index (χ3n) is 6.62. The van der Waals surface area contributed by atoms with Gasteiger partial charge in [0.25, 0.3) is 5.91 Å². The topological polar surface area (TPSA) is 77.5 Å². The van der Waals surface area contributed by atoms with Crippen molar-refractivity contribution in [1.82, 2.24) is 4.90 Å². The monoisotopic (exact) mass is 465 g/mol. The average Bonchev–Trinajstić information content (AvgIpc) is 3.27. The van der Waals surface area contributed by atoms with Crippen molar-refractivity contribution in [2.24, 2.45) is 0 Å². The number of morpholine rings is 1. The Morgan fingerprint density at radius 3 is 2.71 bits per heavy atom. The molecule has 0 unspecified atom stereocenters. The summed E-state index contributed by atoms with van der Waals surface area (Å²) in [6, 6.07) is 15.0. The van der Waals surface area contributed by atoms with Crippen LogP contribution in [0, 0.1) is 0 Å². The van der Waals surface area contributed by atoms with E-state index in [4.69, 9.17) is 24.1 Å². The van der Waals surface area contributed by atoms with Gasteiger partial charge >= 0.3 is 0 Å². The molecule has 34 heavy (non-hydrogen) atoms. The predicted molar refractivity (Wildman–Crippen MR) is 126 cm³/mol. The molecule has 2 aliphatic heterocycles. The van der Waals surface area contributed by atoms with Crippen LogP contribution in [0.4, 0.5) is 0 Å². The first kappa shape index (κ1) is 23.1. The molecular weight excluding hydrogens is 434 g/mol. The summed E-state index contributed by atoms with van der Waals surface area (Å²) in [5.41, 5.74) is 6.42. The zero-order valence-corrected chi connectivity index (χ0v) is 19.3. The third kappa shape index (κ3) is 4.88. The molecule has 1 saturated heterocycles. The highest BCUT2D eigenvalue weighted by Crippen LogP contribution is 2.43. The molecule has 0 aromatic heterocycles. The summed E-state index contributed by atoms with van der Waals surface area (Å²) in [5, 5.41) is 8.89. The minimum Gasteiger partial charge on any atom is -0.459 e. The van der Waals surface area contributed by atoms with Gasteiger partial charge < -0.3 is 29.0 Å². The lowest BCUT2D eigenvalue weighted by atomic mass is 9.87. The second kappa shape index (κ2) is 10.7. The summed E-state index contributed by atoms with van der Waals surface area (Å²) in [7, 11) is 0. The van der Waals surface area contributed by atoms with Gasteiger partial charge in [0.05, 0.1) is 39.6 Å². The summed E-state index contributed by atoms with van der Waals surface area (Å²) >= 11 is 0. The molecule has 1 fully saturated rings. The first-order valence-electron chi connectivity index (χ1n) is 12.0. The van der Waals surface area contributed by atoms with E-state index in [2.05, 4.69) is 42.5 Å². The SMILES string of the molecule is O=C(C1=C[C@H](c2cccc3c2Cc2ccccc2-3)C[C@H](OCCOCCO)O1)N1CCOCC1. The second-order valence-electron chi connectivity index (χ2n) is 8.74. The largest absolute Gasteiger partial charge is 0.459 e. The van der Waals surface area contributed by atoms with Crippen LogP contribution in [0.15, 0.2) is 54.3 Å². The maximum absolute atomic E-state index is 13.3. The Balaban J connectivity index is 1.40. The zero-order chi connectivity index (χ0) is 23.3. The Hall–Kier alpha value is -2.71. The summed E-state index contributed by atoms with van der Waals surface area (Å²) in [5.74, 6) is 0.225. The molecule has 0 spiro atoms. The number of aliphatic hydroxyl groups is 1. The molecule has 0 radical (unpaired) electrons. The molecule has 1 amide bonds. The molecule has 0 bridgehead atoms. The fourth-order valence-electron chi connectivity index (χ4n) is 4.98. The smallest absolute Gasteiger partial charge is 0.288 e. The summed E-state index contributed by atoms with van der Waals surface area (Å²) in [6.45, 7) is 3.12. The van der Waals surface area contributed by atoms with Gasteiger partial charge in [-0.15, -0.1) is 0 Å². The lowest BCUT2D eigenvalue weighted by Gasteiger charge is -2.33. The number of ether oxygens (including phenoxy) is 4. The number of hydrogen-bond donors (Lipinski definition) is 1. The molecular formula is C27H31NO6. The maximum atomic E-state index is 13.3. The van der Waals surface area contributed by atoms with E-state index in [9.17, 15) is 4.79 Å². The lowest BCUT2D eigenvalue weighted by Crippen LogP contribution is -2.43. The molecule has 0 saturated carbocycles. The van der Waals surface area contributed by atoms with Gasteiger partial charge in [-0.05, 0) is 40.3 Å². The van der Waals surface area contributed by atoms with Crippen LogP contribution >= 0.6 is 0 Å². The fraction of sp³-hybridized carbons (Fsp3) is 0.444. The zero-order valence-electron chi connectivity index (χ0n) is 19.3. The molecule has 5 rings (SSSR count). The van der Waals surface area contributed by atoms with Crippen LogP contribution < -0.4 is 0 Å². The van der Waals surface area contributed by atoms with Gasteiger partial charge in [0.2, 0.25) is 6.29 Å². The van der Waals surface area contributed by atoms with Crippen molar-refractivity contribution >= 4 is 5.91 Å². The quantitative estimate of drug-likeness (QED) is 0.516. The van der Waals surface area contributed by atoms with Crippen LogP contribution in [-0.4, -0.2) is 74.9 Å². The van der Waals surface area contributed by atoms with Crippen molar-refractivity contribution in [3.05, 3.63) is 71.0 Å². The Morgan fingerprint density at radius 2 is 1.85 bits per heavy atom. The van der Waals surface area contributed by atoms with Crippen LogP contribution in [0.25, 0.3) is 11.1 Å². The average molecular weight is 466 g/mol. The summed E-state index contributed by atoms with van der Waals surface area (Å²) in [6.07, 6.45) is 2.93. The van der Waals surface area contributed by atoms with E-state index < -0.39 is 6.29 Å². The molecule has 1 aliphatic carbocycles. The van der Waals surface area contributed by atoms with Crippen molar-refractivity contribution in [1.29, 1.82) is 0 Å². The number of carbonyl (C=O) groups is 1. The Labute approximate surface area is 199 Å². The summed E-state index contributed by atoms with van der Waals surface area (Å²) in [4.78, 5) is 15.1. The number of rotatable bonds is 8. The van der Waals surface area contributed by atoms with Crippen LogP contribution in [0.3, 0.4) is 0 Å². The Morgan fingerprint density at radius 1 is 1.03 bits per heavy atom. The number of fused-ring (bicyclic) bond motifs is 3. The van der Waals surface area contributed by atoms with Gasteiger partial charge in [-0.2, -0.15) is 0 Å². The number of aliphatic hydroxyl groups excluding tert-OH is 1. The maximum Gasteiger partial charge on any atom is 0.288 e. The van der Waals surface area contributed by atoms with Gasteiger partial charge in [-0.25, -0.2) is 0 Å². The number of benzene rings is 2. The van der Waals surface area contributed by atoms with Crippen molar-refractivity contribution < 1.29 is 28.8 Å². The van der Waals surface area contributed by atoms with Crippen LogP contribution in [0.5, 0.6) is 0 Å². The van der Waals surface area contributed by atoms with Crippen molar-refractivity contribution in [2.75, 3.05) is 52.7 Å². The van der Waals surface area contributed by atoms with Gasteiger partial charge in [-0.1, -0.05) is 42.5 Å². The highest BCUT2D eigenvalue weighted by Gasteiger charge is 2.33. The van der Waals surface area contributed by atoms with E-state index in [1.165, 1.54) is 27.8 Å². The van der Waals surface area contributed by atoms with Crippen LogP contribution in [0.1, 0.15) is 29.0 Å². The van der Waals surface area contributed by atoms with Crippen molar-refractivity contribution in [2.45, 2.75) is 25.0 Å². The van der Waals surface area contributed by atoms with Crippen molar-refractivity contribution in [3.63, 3.8) is 0 Å². The molecule has 2 aromatic carbocycles. The van der Waals surface area contributed by atoms with Gasteiger partial charge in [0.15, 0.2) is 5.76 Å². The molecule has 1 N–H and O–H groups in total. The molecule has 7 nitrogen and oxygen atoms in total. The van der Waals surface area contributed by atoms with E-state index in [1.54, 1.807) is 4.90 Å². The summed E-state index contributed by atoms with van der Waals surface area (Å²) < 4.78 is 22.7. The molecule has 7 heteroatoms. The number of carbonyl (C=O) groups excluding carboxylic acids is 1. The number of amides is 1. The molecule has 3 aliphatic rings. The normalized spacial score (nSPS) is 21.4. The molecule has 2 aromatic rings. The van der Waals surface area contributed by atoms with Gasteiger partial charge in [-0.3, -0.25) is 4.79 Å². The van der Waals surface area contributed by atoms with E-state index in [0.717, 1.165) is 6.42 Å². The minimum atomic E-state index is -0.549. The number of nitrogens with zero attached hydrogens (tertiary/aromatic N) is 1. The highest BCUT2D eigenvalue weighted by molar-refractivity contribution is 5.92. The molecule has 2 atom stereocenters. The predicted octanol–water partition coefficient (Wildman–Crippen LogP) is 2.86.